The van der Waals surface area contributed by atoms with Gasteiger partial charge in [0.2, 0.25) is 0 Å². The zero-order valence-corrected chi connectivity index (χ0v) is 10.4. The summed E-state index contributed by atoms with van der Waals surface area (Å²) in [5.74, 6) is -2.91. The van der Waals surface area contributed by atoms with Gasteiger partial charge in [-0.15, -0.1) is 0 Å². The lowest BCUT2D eigenvalue weighted by atomic mass is 9.90. The van der Waals surface area contributed by atoms with Crippen molar-refractivity contribution in [3.63, 3.8) is 0 Å². The van der Waals surface area contributed by atoms with E-state index < -0.39 is 34.4 Å². The summed E-state index contributed by atoms with van der Waals surface area (Å²) in [7, 11) is 0. The van der Waals surface area contributed by atoms with Gasteiger partial charge in [-0.1, -0.05) is 6.07 Å². The number of carboxylic acid groups (broad SMARTS) is 1. The first-order chi connectivity index (χ1) is 8.85. The zero-order valence-electron chi connectivity index (χ0n) is 10.4. The van der Waals surface area contributed by atoms with Crippen molar-refractivity contribution in [2.24, 2.45) is 5.41 Å². The average Bonchev–Trinajstić information content (AvgIpc) is 2.73. The van der Waals surface area contributed by atoms with E-state index in [0.717, 1.165) is 6.07 Å². The molecule has 1 atom stereocenters. The highest BCUT2D eigenvalue weighted by molar-refractivity contribution is 5.97. The van der Waals surface area contributed by atoms with E-state index in [-0.39, 0.29) is 13.1 Å². The van der Waals surface area contributed by atoms with Gasteiger partial charge in [-0.3, -0.25) is 9.59 Å². The van der Waals surface area contributed by atoms with E-state index in [1.54, 1.807) is 6.92 Å². The van der Waals surface area contributed by atoms with Crippen LogP contribution >= 0.6 is 0 Å². The van der Waals surface area contributed by atoms with Crippen LogP contribution in [0.2, 0.25) is 0 Å². The van der Waals surface area contributed by atoms with Gasteiger partial charge in [0.1, 0.15) is 17.1 Å². The van der Waals surface area contributed by atoms with Gasteiger partial charge in [-0.05, 0) is 25.5 Å². The van der Waals surface area contributed by atoms with Gasteiger partial charge in [0.05, 0.1) is 5.41 Å². The molecule has 0 aliphatic carbocycles. The number of likely N-dealkylation sites (tertiary alicyclic amines) is 1. The first-order valence-electron chi connectivity index (χ1n) is 5.85. The highest BCUT2D eigenvalue weighted by atomic mass is 19.1. The molecule has 0 saturated carbocycles. The Morgan fingerprint density at radius 1 is 1.42 bits per heavy atom. The van der Waals surface area contributed by atoms with Crippen LogP contribution in [-0.2, 0) is 4.79 Å². The molecule has 102 valence electrons. The summed E-state index contributed by atoms with van der Waals surface area (Å²) in [4.78, 5) is 24.5. The van der Waals surface area contributed by atoms with Crippen LogP contribution in [0.15, 0.2) is 18.2 Å². The number of aromatic hydroxyl groups is 1. The lowest BCUT2D eigenvalue weighted by Gasteiger charge is -2.20. The number of carbonyl (C=O) groups excluding carboxylic acids is 1. The molecule has 2 N–H and O–H groups in total. The molecule has 0 aromatic heterocycles. The van der Waals surface area contributed by atoms with E-state index in [1.807, 2.05) is 0 Å². The van der Waals surface area contributed by atoms with Crippen molar-refractivity contribution in [3.8, 4) is 5.75 Å². The summed E-state index contributed by atoms with van der Waals surface area (Å²) in [5.41, 5.74) is -1.42. The number of carboxylic acids is 1. The molecule has 1 fully saturated rings. The normalized spacial score (nSPS) is 22.5. The quantitative estimate of drug-likeness (QED) is 0.850. The number of carbonyl (C=O) groups is 2. The first-order valence-corrected chi connectivity index (χ1v) is 5.85. The number of aliphatic carboxylic acids is 1. The Kier molecular flexibility index (Phi) is 3.18. The van der Waals surface area contributed by atoms with E-state index >= 15 is 0 Å². The van der Waals surface area contributed by atoms with E-state index in [9.17, 15) is 19.1 Å². The van der Waals surface area contributed by atoms with Crippen molar-refractivity contribution in [2.75, 3.05) is 13.1 Å². The summed E-state index contributed by atoms with van der Waals surface area (Å²) in [6, 6.07) is 3.61. The highest BCUT2D eigenvalue weighted by Gasteiger charge is 2.43. The standard InChI is InChI=1S/C13H14FNO4/c1-13(12(18)19)5-6-15(7-13)11(17)10-8(14)3-2-4-9(10)16/h2-4,16H,5-7H2,1H3,(H,18,19). The molecule has 0 bridgehead atoms. The maximum atomic E-state index is 13.6. The molecule has 1 saturated heterocycles. The minimum atomic E-state index is -1.02. The minimum absolute atomic E-state index is 0.00887. The summed E-state index contributed by atoms with van der Waals surface area (Å²) < 4.78 is 13.6. The molecule has 6 heteroatoms. The van der Waals surface area contributed by atoms with Crippen LogP contribution < -0.4 is 0 Å². The Labute approximate surface area is 109 Å². The van der Waals surface area contributed by atoms with Gasteiger partial charge in [0.25, 0.3) is 5.91 Å². The predicted octanol–water partition coefficient (Wildman–Crippen LogP) is 1.47. The Morgan fingerprint density at radius 3 is 2.63 bits per heavy atom. The topological polar surface area (TPSA) is 77.8 Å². The van der Waals surface area contributed by atoms with Gasteiger partial charge >= 0.3 is 5.97 Å². The average molecular weight is 267 g/mol. The van der Waals surface area contributed by atoms with Crippen molar-refractivity contribution >= 4 is 11.9 Å². The molecular weight excluding hydrogens is 253 g/mol. The molecule has 1 heterocycles. The number of benzene rings is 1. The van der Waals surface area contributed by atoms with Gasteiger partial charge < -0.3 is 15.1 Å². The molecule has 1 unspecified atom stereocenters. The predicted molar refractivity (Wildman–Crippen MR) is 64.3 cm³/mol. The molecule has 1 aliphatic rings. The maximum absolute atomic E-state index is 13.6. The van der Waals surface area contributed by atoms with Crippen molar-refractivity contribution in [1.29, 1.82) is 0 Å². The fraction of sp³-hybridized carbons (Fsp3) is 0.385. The van der Waals surface area contributed by atoms with Crippen LogP contribution in [0.3, 0.4) is 0 Å². The fourth-order valence-corrected chi connectivity index (χ4v) is 2.19. The number of phenolic OH excluding ortho intramolecular Hbond substituents is 1. The molecule has 2 rings (SSSR count). The van der Waals surface area contributed by atoms with Crippen LogP contribution in [0.25, 0.3) is 0 Å². The number of rotatable bonds is 2. The van der Waals surface area contributed by atoms with Crippen LogP contribution in [0, 0.1) is 11.2 Å². The number of halogens is 1. The van der Waals surface area contributed by atoms with Gasteiger partial charge in [0.15, 0.2) is 0 Å². The Hall–Kier alpha value is -2.11. The lowest BCUT2D eigenvalue weighted by molar-refractivity contribution is -0.147. The smallest absolute Gasteiger partial charge is 0.311 e. The Morgan fingerprint density at radius 2 is 2.11 bits per heavy atom. The van der Waals surface area contributed by atoms with Crippen LogP contribution in [0.1, 0.15) is 23.7 Å². The fourth-order valence-electron chi connectivity index (χ4n) is 2.19. The van der Waals surface area contributed by atoms with E-state index in [2.05, 4.69) is 0 Å². The van der Waals surface area contributed by atoms with E-state index in [0.29, 0.717) is 6.42 Å². The minimum Gasteiger partial charge on any atom is -0.507 e. The molecule has 1 aromatic carbocycles. The second kappa shape index (κ2) is 4.53. The number of hydrogen-bond acceptors (Lipinski definition) is 3. The van der Waals surface area contributed by atoms with Gasteiger partial charge in [-0.25, -0.2) is 4.39 Å². The second-order valence-corrected chi connectivity index (χ2v) is 4.98. The van der Waals surface area contributed by atoms with Crippen molar-refractivity contribution in [1.82, 2.24) is 4.90 Å². The third-order valence-corrected chi connectivity index (χ3v) is 3.48. The van der Waals surface area contributed by atoms with Crippen molar-refractivity contribution in [2.45, 2.75) is 13.3 Å². The third-order valence-electron chi connectivity index (χ3n) is 3.48. The summed E-state index contributed by atoms with van der Waals surface area (Å²) in [5, 5.41) is 18.6. The largest absolute Gasteiger partial charge is 0.507 e. The molecule has 5 nitrogen and oxygen atoms in total. The third kappa shape index (κ3) is 2.25. The van der Waals surface area contributed by atoms with Crippen molar-refractivity contribution < 1.29 is 24.2 Å². The molecule has 0 radical (unpaired) electrons. The summed E-state index contributed by atoms with van der Waals surface area (Å²) in [6.45, 7) is 1.79. The molecule has 1 aliphatic heterocycles. The van der Waals surface area contributed by atoms with Crippen LogP contribution in [0.5, 0.6) is 5.75 Å². The molecular formula is C13H14FNO4. The molecule has 19 heavy (non-hydrogen) atoms. The van der Waals surface area contributed by atoms with E-state index in [1.165, 1.54) is 17.0 Å². The molecule has 1 aromatic rings. The number of amides is 1. The highest BCUT2D eigenvalue weighted by Crippen LogP contribution is 2.32. The number of hydrogen-bond donors (Lipinski definition) is 2. The Bertz CT molecular complexity index is 525. The van der Waals surface area contributed by atoms with Gasteiger partial charge in [-0.2, -0.15) is 0 Å². The number of nitrogens with zero attached hydrogens (tertiary/aromatic N) is 1. The summed E-state index contributed by atoms with van der Waals surface area (Å²) >= 11 is 0. The SMILES string of the molecule is CC1(C(=O)O)CCN(C(=O)c2c(O)cccc2F)C1. The van der Waals surface area contributed by atoms with Crippen LogP contribution in [-0.4, -0.2) is 40.1 Å². The molecule has 1 amide bonds. The Balaban J connectivity index is 2.25. The van der Waals surface area contributed by atoms with Gasteiger partial charge in [0, 0.05) is 13.1 Å². The van der Waals surface area contributed by atoms with Crippen molar-refractivity contribution in [3.05, 3.63) is 29.6 Å². The van der Waals surface area contributed by atoms with Crippen LogP contribution in [0.4, 0.5) is 4.39 Å². The first kappa shape index (κ1) is 13.3. The molecule has 0 spiro atoms. The summed E-state index contributed by atoms with van der Waals surface area (Å²) in [6.07, 6.45) is 0.309. The van der Waals surface area contributed by atoms with E-state index in [4.69, 9.17) is 5.11 Å². The second-order valence-electron chi connectivity index (χ2n) is 4.98. The number of phenols is 1. The zero-order chi connectivity index (χ0) is 14.2. The lowest BCUT2D eigenvalue weighted by Crippen LogP contribution is -2.35. The maximum Gasteiger partial charge on any atom is 0.311 e. The monoisotopic (exact) mass is 267 g/mol.